The third kappa shape index (κ3) is 6.08. The molecule has 3 saturated heterocycles. The summed E-state index contributed by atoms with van der Waals surface area (Å²) in [6.07, 6.45) is 12.5. The number of aromatic nitrogens is 2. The monoisotopic (exact) mass is 721 g/mol. The molecule has 3 aromatic rings. The van der Waals surface area contributed by atoms with Crippen molar-refractivity contribution in [3.8, 4) is 22.4 Å². The number of benzene rings is 2. The van der Waals surface area contributed by atoms with Crippen LogP contribution in [-0.4, -0.2) is 82.3 Å². The molecule has 1 saturated carbocycles. The lowest BCUT2D eigenvalue weighted by Gasteiger charge is -2.29. The average Bonchev–Trinajstić information content (AvgIpc) is 4.02. The number of rotatable bonds is 8. The van der Waals surface area contributed by atoms with Gasteiger partial charge in [0.15, 0.2) is 5.79 Å². The number of nitrogens with one attached hydrogen (secondary N) is 5. The van der Waals surface area contributed by atoms with Gasteiger partial charge in [0.25, 0.3) is 0 Å². The zero-order valence-electron chi connectivity index (χ0n) is 30.7. The van der Waals surface area contributed by atoms with Crippen molar-refractivity contribution in [3.05, 3.63) is 71.3 Å². The fourth-order valence-corrected chi connectivity index (χ4v) is 10.2. The van der Waals surface area contributed by atoms with Crippen molar-refractivity contribution in [2.24, 2.45) is 5.92 Å². The van der Waals surface area contributed by atoms with Crippen molar-refractivity contribution in [2.45, 2.75) is 107 Å². The second-order valence-electron chi connectivity index (χ2n) is 16.3. The quantitative estimate of drug-likeness (QED) is 0.180. The number of ether oxygens (including phenoxy) is 2. The molecule has 6 aliphatic rings. The summed E-state index contributed by atoms with van der Waals surface area (Å²) in [6.45, 7) is 6.35. The number of carbonyl (C=O) groups excluding carboxylic acids is 1. The Hall–Kier alpha value is -4.39. The number of hydrogen-bond donors (Lipinski definition) is 6. The second kappa shape index (κ2) is 13.5. The number of fused-ring (bicyclic) bond motifs is 2. The van der Waals surface area contributed by atoms with Crippen LogP contribution in [0.4, 0.5) is 4.79 Å². The highest BCUT2D eigenvalue weighted by Gasteiger charge is 2.47. The van der Waals surface area contributed by atoms with Crippen molar-refractivity contribution in [1.82, 2.24) is 36.1 Å². The fourth-order valence-electron chi connectivity index (χ4n) is 10.2. The number of carbonyl (C=O) groups is 2. The Morgan fingerprint density at radius 1 is 1.00 bits per heavy atom. The Labute approximate surface area is 310 Å². The highest BCUT2D eigenvalue weighted by molar-refractivity contribution is 5.86. The Kier molecular flexibility index (Phi) is 8.74. The van der Waals surface area contributed by atoms with Crippen molar-refractivity contribution in [2.75, 3.05) is 26.3 Å². The van der Waals surface area contributed by atoms with Crippen molar-refractivity contribution in [1.29, 1.82) is 0 Å². The van der Waals surface area contributed by atoms with Gasteiger partial charge in [0.2, 0.25) is 5.91 Å². The SMILES string of the molecule is CC(C)[C@H](NC(=O)O)C(=O)N1CCC[C@H]1c1ncc(-c2ccc(-c3ccc(C4=CNC([C@@H]5CC6(CN5)OCCO6)N4)cc3)c3c2CCC32CCCC2)[nH]1. The largest absolute Gasteiger partial charge is 0.465 e. The molecule has 4 atom stereocenters. The number of amides is 2. The van der Waals surface area contributed by atoms with E-state index in [-0.39, 0.29) is 35.5 Å². The van der Waals surface area contributed by atoms with Crippen molar-refractivity contribution < 1.29 is 24.2 Å². The fraction of sp³-hybridized carbons (Fsp3) is 0.537. The van der Waals surface area contributed by atoms with Crippen LogP contribution in [0.15, 0.2) is 48.8 Å². The van der Waals surface area contributed by atoms with Gasteiger partial charge in [-0.3, -0.25) is 4.79 Å². The van der Waals surface area contributed by atoms with Crippen LogP contribution in [0.3, 0.4) is 0 Å². The van der Waals surface area contributed by atoms with Crippen LogP contribution in [0.5, 0.6) is 0 Å². The summed E-state index contributed by atoms with van der Waals surface area (Å²) in [5.74, 6) is -0.0716. The molecule has 2 amide bonds. The minimum Gasteiger partial charge on any atom is -0.465 e. The summed E-state index contributed by atoms with van der Waals surface area (Å²) in [4.78, 5) is 35.4. The van der Waals surface area contributed by atoms with E-state index in [1.165, 1.54) is 59.9 Å². The van der Waals surface area contributed by atoms with E-state index < -0.39 is 17.9 Å². The molecule has 4 aliphatic heterocycles. The van der Waals surface area contributed by atoms with Crippen LogP contribution in [0.25, 0.3) is 28.1 Å². The molecule has 53 heavy (non-hydrogen) atoms. The number of nitrogens with zero attached hydrogens (tertiary/aromatic N) is 2. The minimum atomic E-state index is -1.18. The van der Waals surface area contributed by atoms with E-state index >= 15 is 0 Å². The first-order valence-corrected chi connectivity index (χ1v) is 19.6. The zero-order valence-corrected chi connectivity index (χ0v) is 30.7. The van der Waals surface area contributed by atoms with E-state index in [9.17, 15) is 14.7 Å². The predicted octanol–water partition coefficient (Wildman–Crippen LogP) is 5.38. The number of hydrogen-bond acceptors (Lipinski definition) is 8. The molecule has 4 fully saturated rings. The van der Waals surface area contributed by atoms with Gasteiger partial charge >= 0.3 is 6.09 Å². The maximum atomic E-state index is 13.6. The average molecular weight is 722 g/mol. The Morgan fingerprint density at radius 3 is 2.51 bits per heavy atom. The Balaban J connectivity index is 0.963. The third-order valence-corrected chi connectivity index (χ3v) is 12.8. The van der Waals surface area contributed by atoms with Gasteiger partial charge < -0.3 is 45.7 Å². The standard InChI is InChI=1S/C41H51N7O5/c1-24(2)35(47-39(50)51)38(49)48-17-5-6-33(48)37-43-22-32(46-37)28-12-11-27(34-29(28)13-16-40(34)14-3-4-15-40)25-7-9-26(10-8-25)31-21-42-36(45-31)30-20-41(23-44-30)52-18-19-53-41/h7-12,21-22,24,30,33,35-36,42,44-45,47H,3-6,13-20,23H2,1-2H3,(H,43,46)(H,50,51)/t30-,33-,35-,36?/m0/s1. The first-order chi connectivity index (χ1) is 25.7. The van der Waals surface area contributed by atoms with Crippen LogP contribution >= 0.6 is 0 Å². The van der Waals surface area contributed by atoms with Gasteiger partial charge in [-0.2, -0.15) is 0 Å². The van der Waals surface area contributed by atoms with Gasteiger partial charge in [-0.15, -0.1) is 0 Å². The van der Waals surface area contributed by atoms with Crippen LogP contribution in [-0.2, 0) is 26.1 Å². The first-order valence-electron chi connectivity index (χ1n) is 19.6. The second-order valence-corrected chi connectivity index (χ2v) is 16.3. The number of imidazole rings is 1. The van der Waals surface area contributed by atoms with E-state index in [4.69, 9.17) is 14.5 Å². The molecule has 2 aromatic carbocycles. The van der Waals surface area contributed by atoms with Crippen molar-refractivity contribution in [3.63, 3.8) is 0 Å². The molecule has 1 aromatic heterocycles. The van der Waals surface area contributed by atoms with Crippen LogP contribution in [0.1, 0.15) is 93.8 Å². The summed E-state index contributed by atoms with van der Waals surface area (Å²) >= 11 is 0. The molecule has 2 aliphatic carbocycles. The van der Waals surface area contributed by atoms with Crippen molar-refractivity contribution >= 4 is 17.7 Å². The highest BCUT2D eigenvalue weighted by atomic mass is 16.7. The molecule has 1 unspecified atom stereocenters. The molecule has 6 N–H and O–H groups in total. The molecule has 280 valence electrons. The molecular weight excluding hydrogens is 670 g/mol. The first kappa shape index (κ1) is 34.4. The van der Waals surface area contributed by atoms with Crippen LogP contribution < -0.4 is 21.3 Å². The summed E-state index contributed by atoms with van der Waals surface area (Å²) in [7, 11) is 0. The zero-order chi connectivity index (χ0) is 36.3. The number of aromatic amines is 1. The summed E-state index contributed by atoms with van der Waals surface area (Å²) in [5.41, 5.74) is 10.1. The highest BCUT2D eigenvalue weighted by Crippen LogP contribution is 2.55. The lowest BCUT2D eigenvalue weighted by molar-refractivity contribution is -0.141. The molecule has 12 heteroatoms. The van der Waals surface area contributed by atoms with Gasteiger partial charge in [0, 0.05) is 24.7 Å². The van der Waals surface area contributed by atoms with Gasteiger partial charge in [0.05, 0.1) is 49.4 Å². The maximum absolute atomic E-state index is 13.6. The molecule has 2 spiro atoms. The van der Waals surface area contributed by atoms with Gasteiger partial charge in [-0.05, 0) is 77.7 Å². The van der Waals surface area contributed by atoms with Crippen LogP contribution in [0, 0.1) is 5.92 Å². The van der Waals surface area contributed by atoms with Gasteiger partial charge in [0.1, 0.15) is 18.0 Å². The lowest BCUT2D eigenvalue weighted by Crippen LogP contribution is -2.50. The normalized spacial score (nSPS) is 25.9. The summed E-state index contributed by atoms with van der Waals surface area (Å²) in [6, 6.07) is 12.8. The molecule has 12 nitrogen and oxygen atoms in total. The minimum absolute atomic E-state index is 0.0704. The maximum Gasteiger partial charge on any atom is 0.405 e. The molecule has 5 heterocycles. The van der Waals surface area contributed by atoms with E-state index in [1.54, 1.807) is 0 Å². The smallest absolute Gasteiger partial charge is 0.405 e. The van der Waals surface area contributed by atoms with E-state index in [0.29, 0.717) is 26.3 Å². The molecule has 0 radical (unpaired) electrons. The summed E-state index contributed by atoms with van der Waals surface area (Å²) in [5, 5.41) is 22.6. The van der Waals surface area contributed by atoms with Crippen LogP contribution in [0.2, 0.25) is 0 Å². The molecule has 9 rings (SSSR count). The Bertz CT molecular complexity index is 1910. The summed E-state index contributed by atoms with van der Waals surface area (Å²) < 4.78 is 11.8. The number of carboxylic acid groups (broad SMARTS) is 1. The number of H-pyrrole nitrogens is 1. The third-order valence-electron chi connectivity index (χ3n) is 12.8. The number of likely N-dealkylation sites (tertiary alicyclic amines) is 1. The van der Waals surface area contributed by atoms with Gasteiger partial charge in [-0.25, -0.2) is 9.78 Å². The lowest BCUT2D eigenvalue weighted by atomic mass is 9.76. The topological polar surface area (TPSA) is 153 Å². The Morgan fingerprint density at radius 2 is 1.75 bits per heavy atom. The predicted molar refractivity (Wildman–Crippen MR) is 200 cm³/mol. The molecule has 0 bridgehead atoms. The molecular formula is C41H51N7O5. The van der Waals surface area contributed by atoms with E-state index in [1.807, 2.05) is 24.9 Å². The van der Waals surface area contributed by atoms with Gasteiger partial charge in [-0.1, -0.05) is 63.1 Å². The van der Waals surface area contributed by atoms with E-state index in [2.05, 4.69) is 68.8 Å². The van der Waals surface area contributed by atoms with E-state index in [0.717, 1.165) is 48.5 Å².